The fraction of sp³-hybridized carbons (Fsp3) is 0.455. The van der Waals surface area contributed by atoms with Crippen molar-refractivity contribution in [1.82, 2.24) is 10.3 Å². The average Bonchev–Trinajstić information content (AvgIpc) is 2.78. The van der Waals surface area contributed by atoms with Crippen LogP contribution in [-0.4, -0.2) is 36.3 Å². The van der Waals surface area contributed by atoms with Crippen LogP contribution in [0.4, 0.5) is 0 Å². The predicted octanol–water partition coefficient (Wildman–Crippen LogP) is 0.478. The molecule has 5 heteroatoms. The van der Waals surface area contributed by atoms with Gasteiger partial charge in [0, 0.05) is 31.3 Å². The third kappa shape index (κ3) is 1.99. The Kier molecular flexibility index (Phi) is 3.05. The number of nitrogens with zero attached hydrogens (tertiary/aromatic N) is 1. The molecule has 2 rings (SSSR count). The summed E-state index contributed by atoms with van der Waals surface area (Å²) in [5.41, 5.74) is 0.943. The topological polar surface area (TPSA) is 71.5 Å². The molecule has 1 aliphatic rings. The van der Waals surface area contributed by atoms with Gasteiger partial charge in [-0.05, 0) is 5.56 Å². The number of rotatable bonds is 3. The monoisotopic (exact) mass is 222 g/mol. The molecule has 86 valence electrons. The number of carbonyl (C=O) groups is 1. The van der Waals surface area contributed by atoms with E-state index in [0.29, 0.717) is 19.0 Å². The maximum atomic E-state index is 11.0. The van der Waals surface area contributed by atoms with Gasteiger partial charge in [0.05, 0.1) is 13.0 Å². The van der Waals surface area contributed by atoms with E-state index in [4.69, 9.17) is 9.84 Å². The van der Waals surface area contributed by atoms with Crippen molar-refractivity contribution in [3.8, 4) is 5.88 Å². The highest BCUT2D eigenvalue weighted by Gasteiger charge is 2.33. The molecule has 0 aromatic carbocycles. The van der Waals surface area contributed by atoms with Crippen LogP contribution in [0.1, 0.15) is 11.5 Å². The van der Waals surface area contributed by atoms with Crippen molar-refractivity contribution in [2.24, 2.45) is 5.92 Å². The molecule has 1 aromatic heterocycles. The van der Waals surface area contributed by atoms with Crippen LogP contribution in [0.3, 0.4) is 0 Å². The second-order valence-corrected chi connectivity index (χ2v) is 3.84. The summed E-state index contributed by atoms with van der Waals surface area (Å²) in [4.78, 5) is 15.1. The van der Waals surface area contributed by atoms with Gasteiger partial charge in [0.1, 0.15) is 0 Å². The molecular weight excluding hydrogens is 208 g/mol. The number of hydrogen-bond donors (Lipinski definition) is 2. The van der Waals surface area contributed by atoms with Gasteiger partial charge in [-0.25, -0.2) is 4.98 Å². The maximum Gasteiger partial charge on any atom is 0.308 e. The van der Waals surface area contributed by atoms with Crippen molar-refractivity contribution >= 4 is 5.97 Å². The van der Waals surface area contributed by atoms with Gasteiger partial charge < -0.3 is 15.2 Å². The lowest BCUT2D eigenvalue weighted by Gasteiger charge is -2.14. The molecule has 0 spiro atoms. The predicted molar refractivity (Wildman–Crippen MR) is 57.5 cm³/mol. The first-order chi connectivity index (χ1) is 7.72. The van der Waals surface area contributed by atoms with E-state index in [9.17, 15) is 4.79 Å². The van der Waals surface area contributed by atoms with Gasteiger partial charge in [0.15, 0.2) is 0 Å². The average molecular weight is 222 g/mol. The zero-order valence-electron chi connectivity index (χ0n) is 9.01. The number of carboxylic acids is 1. The van der Waals surface area contributed by atoms with Gasteiger partial charge in [-0.3, -0.25) is 4.79 Å². The summed E-state index contributed by atoms with van der Waals surface area (Å²) in [5, 5.41) is 12.2. The highest BCUT2D eigenvalue weighted by molar-refractivity contribution is 5.72. The smallest absolute Gasteiger partial charge is 0.308 e. The normalized spacial score (nSPS) is 24.3. The molecule has 0 radical (unpaired) electrons. The van der Waals surface area contributed by atoms with Crippen LogP contribution >= 0.6 is 0 Å². The molecule has 0 aliphatic carbocycles. The summed E-state index contributed by atoms with van der Waals surface area (Å²) in [5.74, 6) is -0.585. The second kappa shape index (κ2) is 4.49. The summed E-state index contributed by atoms with van der Waals surface area (Å²) in [6.45, 7) is 1.21. The van der Waals surface area contributed by atoms with Crippen LogP contribution in [0, 0.1) is 5.92 Å². The highest BCUT2D eigenvalue weighted by atomic mass is 16.5. The molecule has 1 saturated heterocycles. The van der Waals surface area contributed by atoms with Gasteiger partial charge in [-0.15, -0.1) is 0 Å². The minimum absolute atomic E-state index is 0.00379. The maximum absolute atomic E-state index is 11.0. The molecule has 2 atom stereocenters. The number of methoxy groups -OCH3 is 1. The van der Waals surface area contributed by atoms with E-state index in [1.54, 1.807) is 19.4 Å². The number of carboxylic acid groups (broad SMARTS) is 1. The molecule has 2 N–H and O–H groups in total. The number of ether oxygens (including phenoxy) is 1. The molecule has 2 heterocycles. The van der Waals surface area contributed by atoms with E-state index in [2.05, 4.69) is 10.3 Å². The SMILES string of the molecule is COc1ccc([C@@H]2CNC[C@H]2C(=O)O)cn1. The quantitative estimate of drug-likeness (QED) is 0.778. The third-order valence-electron chi connectivity index (χ3n) is 2.93. The van der Waals surface area contributed by atoms with Crippen LogP contribution in [0.15, 0.2) is 18.3 Å². The van der Waals surface area contributed by atoms with E-state index in [1.165, 1.54) is 0 Å². The number of nitrogens with one attached hydrogen (secondary N) is 1. The highest BCUT2D eigenvalue weighted by Crippen LogP contribution is 2.28. The molecule has 0 saturated carbocycles. The molecule has 16 heavy (non-hydrogen) atoms. The Balaban J connectivity index is 2.19. The molecule has 5 nitrogen and oxygen atoms in total. The van der Waals surface area contributed by atoms with Crippen LogP contribution < -0.4 is 10.1 Å². The number of aromatic nitrogens is 1. The van der Waals surface area contributed by atoms with Crippen LogP contribution in [0.25, 0.3) is 0 Å². The minimum Gasteiger partial charge on any atom is -0.481 e. The van der Waals surface area contributed by atoms with Crippen LogP contribution in [0.5, 0.6) is 5.88 Å². The summed E-state index contributed by atoms with van der Waals surface area (Å²) in [6, 6.07) is 3.63. The fourth-order valence-corrected chi connectivity index (χ4v) is 2.02. The molecule has 0 bridgehead atoms. The van der Waals surface area contributed by atoms with Crippen molar-refractivity contribution in [3.05, 3.63) is 23.9 Å². The zero-order chi connectivity index (χ0) is 11.5. The Hall–Kier alpha value is -1.62. The van der Waals surface area contributed by atoms with Gasteiger partial charge in [-0.1, -0.05) is 6.07 Å². The van der Waals surface area contributed by atoms with Crippen molar-refractivity contribution in [3.63, 3.8) is 0 Å². The second-order valence-electron chi connectivity index (χ2n) is 3.84. The largest absolute Gasteiger partial charge is 0.481 e. The Bertz CT molecular complexity index is 377. The Morgan fingerprint density at radius 1 is 1.56 bits per heavy atom. The van der Waals surface area contributed by atoms with Gasteiger partial charge in [0.2, 0.25) is 5.88 Å². The summed E-state index contributed by atoms with van der Waals surface area (Å²) in [6.07, 6.45) is 1.69. The lowest BCUT2D eigenvalue weighted by Crippen LogP contribution is -2.21. The third-order valence-corrected chi connectivity index (χ3v) is 2.93. The zero-order valence-corrected chi connectivity index (χ0v) is 9.01. The van der Waals surface area contributed by atoms with Crippen molar-refractivity contribution in [1.29, 1.82) is 0 Å². The Morgan fingerprint density at radius 2 is 2.38 bits per heavy atom. The Morgan fingerprint density at radius 3 is 2.94 bits per heavy atom. The van der Waals surface area contributed by atoms with Crippen molar-refractivity contribution < 1.29 is 14.6 Å². The summed E-state index contributed by atoms with van der Waals surface area (Å²) < 4.78 is 4.96. The molecule has 1 aliphatic heterocycles. The molecule has 0 unspecified atom stereocenters. The van der Waals surface area contributed by atoms with Crippen LogP contribution in [-0.2, 0) is 4.79 Å². The van der Waals surface area contributed by atoms with Gasteiger partial charge in [-0.2, -0.15) is 0 Å². The van der Waals surface area contributed by atoms with Crippen LogP contribution in [0.2, 0.25) is 0 Å². The molecule has 1 aromatic rings. The first-order valence-corrected chi connectivity index (χ1v) is 5.16. The van der Waals surface area contributed by atoms with Crippen molar-refractivity contribution in [2.45, 2.75) is 5.92 Å². The number of pyridine rings is 1. The minimum atomic E-state index is -0.759. The lowest BCUT2D eigenvalue weighted by molar-refractivity contribution is -0.141. The Labute approximate surface area is 93.5 Å². The van der Waals surface area contributed by atoms with E-state index >= 15 is 0 Å². The first kappa shape index (κ1) is 10.9. The van der Waals surface area contributed by atoms with E-state index in [1.807, 2.05) is 6.07 Å². The molecular formula is C11H14N2O3. The van der Waals surface area contributed by atoms with Gasteiger partial charge >= 0.3 is 5.97 Å². The lowest BCUT2D eigenvalue weighted by atomic mass is 9.90. The van der Waals surface area contributed by atoms with Crippen molar-refractivity contribution in [2.75, 3.05) is 20.2 Å². The van der Waals surface area contributed by atoms with E-state index in [-0.39, 0.29) is 11.8 Å². The fourth-order valence-electron chi connectivity index (χ4n) is 2.02. The first-order valence-electron chi connectivity index (χ1n) is 5.16. The van der Waals surface area contributed by atoms with E-state index in [0.717, 1.165) is 5.56 Å². The number of hydrogen-bond acceptors (Lipinski definition) is 4. The summed E-state index contributed by atoms with van der Waals surface area (Å²) >= 11 is 0. The molecule has 0 amide bonds. The standard InChI is InChI=1S/C11H14N2O3/c1-16-10-3-2-7(4-13-10)8-5-12-6-9(8)11(14)15/h2-4,8-9,12H,5-6H2,1H3,(H,14,15)/t8-,9+/m0/s1. The molecule has 1 fully saturated rings. The summed E-state index contributed by atoms with van der Waals surface area (Å²) in [7, 11) is 1.55. The van der Waals surface area contributed by atoms with E-state index < -0.39 is 5.97 Å². The van der Waals surface area contributed by atoms with Gasteiger partial charge in [0.25, 0.3) is 0 Å². The number of aliphatic carboxylic acids is 1.